The van der Waals surface area contributed by atoms with Crippen LogP contribution in [0.25, 0.3) is 0 Å². The summed E-state index contributed by atoms with van der Waals surface area (Å²) in [7, 11) is 6.85. The molecule has 2 aliphatic rings. The summed E-state index contributed by atoms with van der Waals surface area (Å²) in [6.45, 7) is 4.82. The zero-order chi connectivity index (χ0) is 15.5. The molecule has 0 aromatic rings. The predicted octanol–water partition coefficient (Wildman–Crippen LogP) is 4.30. The zero-order valence-electron chi connectivity index (χ0n) is 15.1. The van der Waals surface area contributed by atoms with Crippen LogP contribution in [0.4, 0.5) is 0 Å². The second-order valence-electron chi connectivity index (χ2n) is 8.15. The summed E-state index contributed by atoms with van der Waals surface area (Å²) < 4.78 is 0. The standard InChI is InChI=1S/C19H38N2/c1-6-16-9-11-17(12-10-16)18(20-3)19(21(4)5)13-7-8-15(2)14-19/h15-18,20H,6-14H2,1-5H3. The van der Waals surface area contributed by atoms with Gasteiger partial charge in [-0.05, 0) is 64.6 Å². The largest absolute Gasteiger partial charge is 0.315 e. The fourth-order valence-corrected chi connectivity index (χ4v) is 5.40. The van der Waals surface area contributed by atoms with Crippen LogP contribution in [0.1, 0.15) is 71.6 Å². The van der Waals surface area contributed by atoms with Crippen molar-refractivity contribution in [2.45, 2.75) is 83.2 Å². The number of hydrogen-bond donors (Lipinski definition) is 1. The van der Waals surface area contributed by atoms with Crippen molar-refractivity contribution in [2.75, 3.05) is 21.1 Å². The maximum absolute atomic E-state index is 3.78. The fraction of sp³-hybridized carbons (Fsp3) is 1.00. The van der Waals surface area contributed by atoms with Crippen LogP contribution in [0.3, 0.4) is 0 Å². The van der Waals surface area contributed by atoms with E-state index < -0.39 is 0 Å². The first-order chi connectivity index (χ1) is 10.0. The molecule has 0 amide bonds. The third-order valence-electron chi connectivity index (χ3n) is 6.73. The highest BCUT2D eigenvalue weighted by atomic mass is 15.2. The topological polar surface area (TPSA) is 15.3 Å². The lowest BCUT2D eigenvalue weighted by Crippen LogP contribution is -2.63. The van der Waals surface area contributed by atoms with Gasteiger partial charge in [0.2, 0.25) is 0 Å². The molecule has 2 heteroatoms. The Bertz CT molecular complexity index is 307. The van der Waals surface area contributed by atoms with Crippen LogP contribution in [0, 0.1) is 17.8 Å². The average molecular weight is 295 g/mol. The summed E-state index contributed by atoms with van der Waals surface area (Å²) >= 11 is 0. The van der Waals surface area contributed by atoms with Gasteiger partial charge in [0.25, 0.3) is 0 Å². The molecule has 3 unspecified atom stereocenters. The molecule has 0 spiro atoms. The third kappa shape index (κ3) is 3.64. The van der Waals surface area contributed by atoms with Gasteiger partial charge in [-0.15, -0.1) is 0 Å². The molecular formula is C19H38N2. The minimum absolute atomic E-state index is 0.385. The van der Waals surface area contributed by atoms with E-state index in [0.29, 0.717) is 11.6 Å². The van der Waals surface area contributed by atoms with Crippen LogP contribution in [0.15, 0.2) is 0 Å². The molecule has 21 heavy (non-hydrogen) atoms. The molecular weight excluding hydrogens is 256 g/mol. The van der Waals surface area contributed by atoms with Gasteiger partial charge in [0.15, 0.2) is 0 Å². The van der Waals surface area contributed by atoms with Crippen LogP contribution < -0.4 is 5.32 Å². The van der Waals surface area contributed by atoms with Crippen molar-refractivity contribution in [3.63, 3.8) is 0 Å². The van der Waals surface area contributed by atoms with Crippen LogP contribution in [0.2, 0.25) is 0 Å². The molecule has 0 radical (unpaired) electrons. The second kappa shape index (κ2) is 7.46. The first-order valence-electron chi connectivity index (χ1n) is 9.38. The number of likely N-dealkylation sites (N-methyl/N-ethyl adjacent to an activating group) is 2. The summed E-state index contributed by atoms with van der Waals surface area (Å²) in [5, 5.41) is 3.78. The van der Waals surface area contributed by atoms with Crippen molar-refractivity contribution in [1.29, 1.82) is 0 Å². The summed E-state index contributed by atoms with van der Waals surface area (Å²) in [6, 6.07) is 0.674. The SMILES string of the molecule is CCC1CCC(C(NC)C2(N(C)C)CCCC(C)C2)CC1. The minimum Gasteiger partial charge on any atom is -0.315 e. The van der Waals surface area contributed by atoms with Crippen molar-refractivity contribution in [1.82, 2.24) is 10.2 Å². The second-order valence-corrected chi connectivity index (χ2v) is 8.15. The minimum atomic E-state index is 0.385. The number of hydrogen-bond acceptors (Lipinski definition) is 2. The van der Waals surface area contributed by atoms with E-state index in [1.54, 1.807) is 0 Å². The summed E-state index contributed by atoms with van der Waals surface area (Å²) in [5.41, 5.74) is 0.385. The van der Waals surface area contributed by atoms with E-state index in [2.05, 4.69) is 45.2 Å². The average Bonchev–Trinajstić information content (AvgIpc) is 2.48. The summed E-state index contributed by atoms with van der Waals surface area (Å²) in [4.78, 5) is 2.57. The van der Waals surface area contributed by atoms with E-state index in [9.17, 15) is 0 Å². The Morgan fingerprint density at radius 3 is 2.29 bits per heavy atom. The molecule has 124 valence electrons. The Balaban J connectivity index is 2.13. The normalized spacial score (nSPS) is 39.4. The third-order valence-corrected chi connectivity index (χ3v) is 6.73. The Morgan fingerprint density at radius 2 is 1.81 bits per heavy atom. The predicted molar refractivity (Wildman–Crippen MR) is 92.6 cm³/mol. The zero-order valence-corrected chi connectivity index (χ0v) is 15.1. The first kappa shape index (κ1) is 17.3. The van der Waals surface area contributed by atoms with E-state index in [0.717, 1.165) is 17.8 Å². The molecule has 2 nitrogen and oxygen atoms in total. The molecule has 2 fully saturated rings. The lowest BCUT2D eigenvalue weighted by Gasteiger charge is -2.53. The van der Waals surface area contributed by atoms with Crippen LogP contribution >= 0.6 is 0 Å². The van der Waals surface area contributed by atoms with Crippen molar-refractivity contribution < 1.29 is 0 Å². The molecule has 2 aliphatic carbocycles. The Hall–Kier alpha value is -0.0800. The van der Waals surface area contributed by atoms with Crippen molar-refractivity contribution >= 4 is 0 Å². The van der Waals surface area contributed by atoms with Gasteiger partial charge < -0.3 is 10.2 Å². The van der Waals surface area contributed by atoms with Gasteiger partial charge in [0.05, 0.1) is 0 Å². The highest BCUT2D eigenvalue weighted by Crippen LogP contribution is 2.44. The van der Waals surface area contributed by atoms with Crippen molar-refractivity contribution in [2.24, 2.45) is 17.8 Å². The van der Waals surface area contributed by atoms with Gasteiger partial charge in [0, 0.05) is 11.6 Å². The lowest BCUT2D eigenvalue weighted by molar-refractivity contribution is 0.00788. The van der Waals surface area contributed by atoms with Gasteiger partial charge in [0.1, 0.15) is 0 Å². The number of rotatable bonds is 5. The van der Waals surface area contributed by atoms with E-state index in [1.165, 1.54) is 57.8 Å². The van der Waals surface area contributed by atoms with E-state index in [1.807, 2.05) is 0 Å². The molecule has 0 aromatic heterocycles. The smallest absolute Gasteiger partial charge is 0.0361 e. The lowest BCUT2D eigenvalue weighted by atomic mass is 9.65. The van der Waals surface area contributed by atoms with Crippen molar-refractivity contribution in [3.8, 4) is 0 Å². The van der Waals surface area contributed by atoms with Gasteiger partial charge in [-0.25, -0.2) is 0 Å². The van der Waals surface area contributed by atoms with E-state index in [4.69, 9.17) is 0 Å². The van der Waals surface area contributed by atoms with Gasteiger partial charge in [-0.1, -0.05) is 46.0 Å². The molecule has 1 N–H and O–H groups in total. The summed E-state index contributed by atoms with van der Waals surface area (Å²) in [5.74, 6) is 2.76. The molecule has 2 saturated carbocycles. The van der Waals surface area contributed by atoms with Crippen molar-refractivity contribution in [3.05, 3.63) is 0 Å². The van der Waals surface area contributed by atoms with Crippen LogP contribution in [-0.4, -0.2) is 37.6 Å². The molecule has 2 rings (SSSR count). The Labute approximate surface area is 133 Å². The Kier molecular flexibility index (Phi) is 6.14. The van der Waals surface area contributed by atoms with Gasteiger partial charge in [-0.3, -0.25) is 0 Å². The number of nitrogens with zero attached hydrogens (tertiary/aromatic N) is 1. The van der Waals surface area contributed by atoms with Crippen LogP contribution in [-0.2, 0) is 0 Å². The molecule has 0 bridgehead atoms. The van der Waals surface area contributed by atoms with Crippen LogP contribution in [0.5, 0.6) is 0 Å². The molecule has 0 aliphatic heterocycles. The van der Waals surface area contributed by atoms with E-state index >= 15 is 0 Å². The highest BCUT2D eigenvalue weighted by molar-refractivity contribution is 5.04. The molecule has 0 heterocycles. The quantitative estimate of drug-likeness (QED) is 0.813. The monoisotopic (exact) mass is 294 g/mol. The first-order valence-corrected chi connectivity index (χ1v) is 9.38. The molecule has 0 aromatic carbocycles. The maximum Gasteiger partial charge on any atom is 0.0361 e. The van der Waals surface area contributed by atoms with Gasteiger partial charge >= 0.3 is 0 Å². The van der Waals surface area contributed by atoms with Gasteiger partial charge in [-0.2, -0.15) is 0 Å². The molecule has 3 atom stereocenters. The molecule has 0 saturated heterocycles. The Morgan fingerprint density at radius 1 is 1.14 bits per heavy atom. The van der Waals surface area contributed by atoms with E-state index in [-0.39, 0.29) is 0 Å². The maximum atomic E-state index is 3.78. The highest BCUT2D eigenvalue weighted by Gasteiger charge is 2.46. The number of nitrogens with one attached hydrogen (secondary N) is 1. The fourth-order valence-electron chi connectivity index (χ4n) is 5.40. The summed E-state index contributed by atoms with van der Waals surface area (Å²) in [6.07, 6.45) is 12.8.